The van der Waals surface area contributed by atoms with Crippen molar-refractivity contribution in [2.45, 2.75) is 32.2 Å². The number of nitrogens with one attached hydrogen (secondary N) is 1. The van der Waals surface area contributed by atoms with Gasteiger partial charge in [0.1, 0.15) is 0 Å². The molecule has 0 radical (unpaired) electrons. The third-order valence-corrected chi connectivity index (χ3v) is 3.46. The van der Waals surface area contributed by atoms with Gasteiger partial charge < -0.3 is 10.4 Å². The first-order chi connectivity index (χ1) is 11.3. The van der Waals surface area contributed by atoms with Crippen molar-refractivity contribution in [3.05, 3.63) is 53.3 Å². The number of carbonyl (C=O) groups excluding carboxylic acids is 1. The zero-order valence-corrected chi connectivity index (χ0v) is 13.0. The zero-order chi connectivity index (χ0) is 17.7. The van der Waals surface area contributed by atoms with Crippen molar-refractivity contribution in [3.63, 3.8) is 0 Å². The molecular weight excluding hydrogens is 323 g/mol. The molecule has 0 spiro atoms. The summed E-state index contributed by atoms with van der Waals surface area (Å²) in [5.74, 6) is -0.908. The molecule has 0 saturated heterocycles. The summed E-state index contributed by atoms with van der Waals surface area (Å²) >= 11 is 0. The number of carbonyl (C=O) groups is 1. The number of hydrogen-bond donors (Lipinski definition) is 2. The lowest BCUT2D eigenvalue weighted by Crippen LogP contribution is -2.34. The van der Waals surface area contributed by atoms with E-state index < -0.39 is 29.4 Å². The van der Waals surface area contributed by atoms with E-state index in [1.54, 1.807) is 0 Å². The van der Waals surface area contributed by atoms with Crippen LogP contribution in [-0.4, -0.2) is 33.4 Å². The Morgan fingerprint density at radius 1 is 1.33 bits per heavy atom. The number of aryl methyl sites for hydroxylation is 1. The minimum absolute atomic E-state index is 0.00123. The molecule has 0 bridgehead atoms. The summed E-state index contributed by atoms with van der Waals surface area (Å²) in [6, 6.07) is 9.10. The molecule has 0 fully saturated rings. The summed E-state index contributed by atoms with van der Waals surface area (Å²) in [5, 5.41) is 15.8. The van der Waals surface area contributed by atoms with E-state index in [4.69, 9.17) is 0 Å². The molecule has 8 heteroatoms. The minimum Gasteiger partial charge on any atom is -0.391 e. The molecule has 1 unspecified atom stereocenters. The molecule has 1 atom stereocenters. The van der Waals surface area contributed by atoms with Crippen molar-refractivity contribution in [1.82, 2.24) is 15.1 Å². The molecule has 2 rings (SSSR count). The number of rotatable bonds is 6. The van der Waals surface area contributed by atoms with Crippen molar-refractivity contribution >= 4 is 5.91 Å². The number of hydrogen-bond acceptors (Lipinski definition) is 3. The van der Waals surface area contributed by atoms with Crippen molar-refractivity contribution in [3.8, 4) is 0 Å². The van der Waals surface area contributed by atoms with Gasteiger partial charge in [-0.1, -0.05) is 30.3 Å². The normalized spacial score (nSPS) is 12.9. The largest absolute Gasteiger partial charge is 0.433 e. The lowest BCUT2D eigenvalue weighted by molar-refractivity contribution is -0.144. The molecule has 0 aliphatic rings. The van der Waals surface area contributed by atoms with Gasteiger partial charge in [-0.2, -0.15) is 18.3 Å². The van der Waals surface area contributed by atoms with E-state index in [9.17, 15) is 23.1 Å². The first-order valence-electron chi connectivity index (χ1n) is 7.46. The van der Waals surface area contributed by atoms with Crippen LogP contribution in [0.5, 0.6) is 0 Å². The number of aliphatic hydroxyl groups is 1. The van der Waals surface area contributed by atoms with Crippen LogP contribution in [0.2, 0.25) is 0 Å². The van der Waals surface area contributed by atoms with Crippen LogP contribution >= 0.6 is 0 Å². The van der Waals surface area contributed by atoms with Gasteiger partial charge in [-0.05, 0) is 12.5 Å². The Bertz CT molecular complexity index is 684. The average molecular weight is 341 g/mol. The van der Waals surface area contributed by atoms with Crippen molar-refractivity contribution < 1.29 is 23.1 Å². The minimum atomic E-state index is -4.68. The summed E-state index contributed by atoms with van der Waals surface area (Å²) in [4.78, 5) is 12.0. The van der Waals surface area contributed by atoms with E-state index in [0.29, 0.717) is 6.42 Å². The first kappa shape index (κ1) is 18.0. The number of nitrogens with zero attached hydrogens (tertiary/aromatic N) is 2. The highest BCUT2D eigenvalue weighted by atomic mass is 19.4. The van der Waals surface area contributed by atoms with Crippen molar-refractivity contribution in [1.29, 1.82) is 0 Å². The quantitative estimate of drug-likeness (QED) is 0.847. The third-order valence-electron chi connectivity index (χ3n) is 3.46. The van der Waals surface area contributed by atoms with E-state index in [1.807, 2.05) is 30.3 Å². The monoisotopic (exact) mass is 341 g/mol. The van der Waals surface area contributed by atoms with Crippen LogP contribution in [0.1, 0.15) is 28.5 Å². The Labute approximate surface area is 137 Å². The van der Waals surface area contributed by atoms with Gasteiger partial charge in [0, 0.05) is 19.5 Å². The summed E-state index contributed by atoms with van der Waals surface area (Å²) in [6.07, 6.45) is -4.39. The predicted molar refractivity (Wildman–Crippen MR) is 81.4 cm³/mol. The van der Waals surface area contributed by atoms with Crippen molar-refractivity contribution in [2.24, 2.45) is 0 Å². The average Bonchev–Trinajstić information content (AvgIpc) is 2.98. The molecule has 2 aromatic rings. The second kappa shape index (κ2) is 7.48. The molecule has 2 N–H and O–H groups in total. The van der Waals surface area contributed by atoms with Gasteiger partial charge in [-0.3, -0.25) is 9.48 Å². The topological polar surface area (TPSA) is 67.2 Å². The lowest BCUT2D eigenvalue weighted by atomic mass is 10.1. The van der Waals surface area contributed by atoms with Crippen LogP contribution in [0.15, 0.2) is 36.5 Å². The van der Waals surface area contributed by atoms with Crippen LogP contribution in [0, 0.1) is 0 Å². The van der Waals surface area contributed by atoms with Gasteiger partial charge in [0.15, 0.2) is 5.69 Å². The Balaban J connectivity index is 2.01. The summed E-state index contributed by atoms with van der Waals surface area (Å²) in [6.45, 7) is 1.36. The highest BCUT2D eigenvalue weighted by Crippen LogP contribution is 2.31. The third kappa shape index (κ3) is 4.35. The molecule has 1 aromatic carbocycles. The van der Waals surface area contributed by atoms with Crippen LogP contribution in [-0.2, 0) is 19.1 Å². The first-order valence-corrected chi connectivity index (χ1v) is 7.46. The van der Waals surface area contributed by atoms with Crippen LogP contribution in [0.25, 0.3) is 0 Å². The molecule has 130 valence electrons. The molecule has 0 aliphatic carbocycles. The van der Waals surface area contributed by atoms with Gasteiger partial charge in [-0.15, -0.1) is 0 Å². The van der Waals surface area contributed by atoms with Gasteiger partial charge in [0.25, 0.3) is 5.91 Å². The van der Waals surface area contributed by atoms with Crippen LogP contribution in [0.4, 0.5) is 13.2 Å². The Kier molecular flexibility index (Phi) is 5.61. The number of aliphatic hydroxyl groups excluding tert-OH is 1. The highest BCUT2D eigenvalue weighted by Gasteiger charge is 2.39. The Morgan fingerprint density at radius 3 is 2.58 bits per heavy atom. The number of amides is 1. The molecular formula is C16H18F3N3O2. The SMILES string of the molecule is CCn1ncc(C(=O)NCC(O)Cc2ccccc2)c1C(F)(F)F. The van der Waals surface area contributed by atoms with E-state index in [2.05, 4.69) is 10.4 Å². The van der Waals surface area contributed by atoms with E-state index in [1.165, 1.54) is 6.92 Å². The molecule has 1 aromatic heterocycles. The molecule has 1 heterocycles. The predicted octanol–water partition coefficient (Wildman–Crippen LogP) is 2.26. The fourth-order valence-corrected chi connectivity index (χ4v) is 2.35. The van der Waals surface area contributed by atoms with E-state index in [0.717, 1.165) is 16.4 Å². The Hall–Kier alpha value is -2.35. The highest BCUT2D eigenvalue weighted by molar-refractivity contribution is 5.95. The van der Waals surface area contributed by atoms with Gasteiger partial charge in [0.05, 0.1) is 17.9 Å². The lowest BCUT2D eigenvalue weighted by Gasteiger charge is -2.14. The van der Waals surface area contributed by atoms with Crippen molar-refractivity contribution in [2.75, 3.05) is 6.54 Å². The summed E-state index contributed by atoms with van der Waals surface area (Å²) < 4.78 is 40.0. The second-order valence-corrected chi connectivity index (χ2v) is 5.27. The maximum absolute atomic E-state index is 13.1. The van der Waals surface area contributed by atoms with E-state index >= 15 is 0 Å². The summed E-state index contributed by atoms with van der Waals surface area (Å²) in [7, 11) is 0. The van der Waals surface area contributed by atoms with Crippen LogP contribution < -0.4 is 5.32 Å². The number of aromatic nitrogens is 2. The second-order valence-electron chi connectivity index (χ2n) is 5.27. The maximum Gasteiger partial charge on any atom is 0.433 e. The number of alkyl halides is 3. The fraction of sp³-hybridized carbons (Fsp3) is 0.375. The van der Waals surface area contributed by atoms with Gasteiger partial charge in [-0.25, -0.2) is 0 Å². The number of benzene rings is 1. The molecule has 5 nitrogen and oxygen atoms in total. The smallest absolute Gasteiger partial charge is 0.391 e. The molecule has 0 aliphatic heterocycles. The van der Waals surface area contributed by atoms with Gasteiger partial charge in [0.2, 0.25) is 0 Å². The molecule has 24 heavy (non-hydrogen) atoms. The number of halogens is 3. The summed E-state index contributed by atoms with van der Waals surface area (Å²) in [5.41, 5.74) is -0.759. The van der Waals surface area contributed by atoms with Gasteiger partial charge >= 0.3 is 6.18 Å². The van der Waals surface area contributed by atoms with Crippen LogP contribution in [0.3, 0.4) is 0 Å². The zero-order valence-electron chi connectivity index (χ0n) is 13.0. The molecule has 1 amide bonds. The fourth-order valence-electron chi connectivity index (χ4n) is 2.35. The molecule has 0 saturated carbocycles. The van der Waals surface area contributed by atoms with E-state index in [-0.39, 0.29) is 13.1 Å². The maximum atomic E-state index is 13.1. The standard InChI is InChI=1S/C16H18F3N3O2/c1-2-22-14(16(17,18)19)13(10-21-22)15(24)20-9-12(23)8-11-6-4-3-5-7-11/h3-7,10,12,23H,2,8-9H2,1H3,(H,20,24). The Morgan fingerprint density at radius 2 is 2.00 bits per heavy atom.